The van der Waals surface area contributed by atoms with Crippen molar-refractivity contribution in [1.29, 1.82) is 0 Å². The van der Waals surface area contributed by atoms with E-state index in [1.165, 1.54) is 0 Å². The predicted molar refractivity (Wildman–Crippen MR) is 80.6 cm³/mol. The molecule has 3 rings (SSSR count). The summed E-state index contributed by atoms with van der Waals surface area (Å²) < 4.78 is 27.6. The van der Waals surface area contributed by atoms with Crippen molar-refractivity contribution >= 4 is 26.9 Å². The Balaban J connectivity index is 2.05. The number of H-pyrrole nitrogens is 1. The lowest BCUT2D eigenvalue weighted by molar-refractivity contribution is 0.600. The summed E-state index contributed by atoms with van der Waals surface area (Å²) in [6, 6.07) is 8.79. The molecule has 0 aliphatic rings. The summed E-state index contributed by atoms with van der Waals surface area (Å²) in [6.07, 6.45) is 1.61. The molecule has 0 aliphatic heterocycles. The molecule has 0 spiro atoms. The quantitative estimate of drug-likeness (QED) is 0.777. The van der Waals surface area contributed by atoms with Gasteiger partial charge in [0, 0.05) is 6.20 Å². The summed E-state index contributed by atoms with van der Waals surface area (Å²) in [4.78, 5) is 4.34. The van der Waals surface area contributed by atoms with Gasteiger partial charge in [-0.05, 0) is 43.2 Å². The lowest BCUT2D eigenvalue weighted by Crippen LogP contribution is -2.15. The normalized spacial score (nSPS) is 11.7. The van der Waals surface area contributed by atoms with E-state index in [0.29, 0.717) is 16.6 Å². The molecule has 7 heteroatoms. The van der Waals surface area contributed by atoms with Gasteiger partial charge in [-0.1, -0.05) is 12.1 Å². The van der Waals surface area contributed by atoms with Crippen LogP contribution in [0, 0.1) is 13.8 Å². The maximum absolute atomic E-state index is 12.5. The minimum atomic E-state index is -3.69. The predicted octanol–water partition coefficient (Wildman–Crippen LogP) is 2.38. The second-order valence-corrected chi connectivity index (χ2v) is 6.50. The van der Waals surface area contributed by atoms with Gasteiger partial charge in [0.05, 0.1) is 10.3 Å². The van der Waals surface area contributed by atoms with E-state index >= 15 is 0 Å². The lowest BCUT2D eigenvalue weighted by atomic mass is 10.2. The minimum Gasteiger partial charge on any atom is -0.261 e. The zero-order valence-electron chi connectivity index (χ0n) is 11.6. The van der Waals surface area contributed by atoms with Crippen LogP contribution in [0.25, 0.3) is 11.0 Å². The number of rotatable bonds is 3. The molecule has 0 saturated carbocycles. The fourth-order valence-corrected chi connectivity index (χ4v) is 3.46. The second kappa shape index (κ2) is 4.85. The zero-order chi connectivity index (χ0) is 15.0. The molecule has 0 fully saturated rings. The number of hydrogen-bond acceptors (Lipinski definition) is 4. The van der Waals surface area contributed by atoms with E-state index in [4.69, 9.17) is 0 Å². The van der Waals surface area contributed by atoms with Crippen LogP contribution < -0.4 is 4.72 Å². The molecule has 0 saturated heterocycles. The zero-order valence-corrected chi connectivity index (χ0v) is 12.4. The van der Waals surface area contributed by atoms with Crippen LogP contribution in [-0.4, -0.2) is 23.6 Å². The van der Waals surface area contributed by atoms with Gasteiger partial charge in [0.1, 0.15) is 0 Å². The van der Waals surface area contributed by atoms with Gasteiger partial charge in [-0.15, -0.1) is 0 Å². The van der Waals surface area contributed by atoms with Crippen LogP contribution >= 0.6 is 0 Å². The molecule has 2 heterocycles. The van der Waals surface area contributed by atoms with E-state index in [1.54, 1.807) is 37.4 Å². The Morgan fingerprint density at radius 3 is 2.81 bits per heavy atom. The van der Waals surface area contributed by atoms with Crippen molar-refractivity contribution in [2.24, 2.45) is 0 Å². The number of aryl methyl sites for hydroxylation is 2. The third-order valence-corrected chi connectivity index (χ3v) is 4.68. The highest BCUT2D eigenvalue weighted by Gasteiger charge is 2.19. The number of benzene rings is 1. The number of sulfonamides is 1. The standard InChI is InChI=1S/C14H14N4O2S/c1-9-5-6-10(2)12(8-9)21(19,20)18-14-11-4-3-7-15-13(11)16-17-14/h3-8H,1-2H3,(H2,15,16,17,18). The van der Waals surface area contributed by atoms with Crippen molar-refractivity contribution in [2.75, 3.05) is 4.72 Å². The Morgan fingerprint density at radius 1 is 1.19 bits per heavy atom. The molecule has 108 valence electrons. The third-order valence-electron chi connectivity index (χ3n) is 3.20. The highest BCUT2D eigenvalue weighted by Crippen LogP contribution is 2.23. The first-order valence-electron chi connectivity index (χ1n) is 6.36. The van der Waals surface area contributed by atoms with E-state index in [0.717, 1.165) is 5.56 Å². The van der Waals surface area contributed by atoms with Crippen molar-refractivity contribution in [2.45, 2.75) is 18.7 Å². The first-order valence-corrected chi connectivity index (χ1v) is 7.85. The number of nitrogens with zero attached hydrogens (tertiary/aromatic N) is 2. The number of aromatic amines is 1. The largest absolute Gasteiger partial charge is 0.263 e. The van der Waals surface area contributed by atoms with Crippen LogP contribution in [-0.2, 0) is 10.0 Å². The van der Waals surface area contributed by atoms with E-state index in [2.05, 4.69) is 19.9 Å². The van der Waals surface area contributed by atoms with Gasteiger partial charge in [0.25, 0.3) is 10.0 Å². The number of anilines is 1. The number of fused-ring (bicyclic) bond motifs is 1. The SMILES string of the molecule is Cc1ccc(C)c(S(=O)(=O)Nc2n[nH]c3ncccc23)c1. The van der Waals surface area contributed by atoms with Crippen molar-refractivity contribution in [3.05, 3.63) is 47.7 Å². The molecule has 0 unspecified atom stereocenters. The average molecular weight is 302 g/mol. The molecule has 2 N–H and O–H groups in total. The van der Waals surface area contributed by atoms with E-state index < -0.39 is 10.0 Å². The fourth-order valence-electron chi connectivity index (χ4n) is 2.11. The molecular weight excluding hydrogens is 288 g/mol. The number of hydrogen-bond donors (Lipinski definition) is 2. The Bertz CT molecular complexity index is 916. The molecule has 0 aliphatic carbocycles. The summed E-state index contributed by atoms with van der Waals surface area (Å²) in [5.74, 6) is 0.249. The van der Waals surface area contributed by atoms with E-state index in [9.17, 15) is 8.42 Å². The molecule has 1 aromatic carbocycles. The highest BCUT2D eigenvalue weighted by molar-refractivity contribution is 7.92. The Kier molecular flexibility index (Phi) is 3.13. The lowest BCUT2D eigenvalue weighted by Gasteiger charge is -2.09. The minimum absolute atomic E-state index is 0.249. The number of pyridine rings is 1. The topological polar surface area (TPSA) is 87.7 Å². The Hall–Kier alpha value is -2.41. The van der Waals surface area contributed by atoms with Crippen LogP contribution in [0.2, 0.25) is 0 Å². The molecule has 3 aromatic rings. The monoisotopic (exact) mass is 302 g/mol. The van der Waals surface area contributed by atoms with Gasteiger partial charge in [0.15, 0.2) is 11.5 Å². The number of nitrogens with one attached hydrogen (secondary N) is 2. The fraction of sp³-hybridized carbons (Fsp3) is 0.143. The smallest absolute Gasteiger partial charge is 0.261 e. The maximum atomic E-state index is 12.5. The molecule has 2 aromatic heterocycles. The van der Waals surface area contributed by atoms with Crippen molar-refractivity contribution in [1.82, 2.24) is 15.2 Å². The third kappa shape index (κ3) is 2.47. The van der Waals surface area contributed by atoms with Crippen molar-refractivity contribution < 1.29 is 8.42 Å². The summed E-state index contributed by atoms with van der Waals surface area (Å²) in [5.41, 5.74) is 2.11. The van der Waals surface area contributed by atoms with Gasteiger partial charge in [-0.3, -0.25) is 9.82 Å². The summed E-state index contributed by atoms with van der Waals surface area (Å²) in [7, 11) is -3.69. The molecule has 0 bridgehead atoms. The van der Waals surface area contributed by atoms with Crippen molar-refractivity contribution in [3.63, 3.8) is 0 Å². The van der Waals surface area contributed by atoms with Gasteiger partial charge >= 0.3 is 0 Å². The molecule has 0 radical (unpaired) electrons. The highest BCUT2D eigenvalue weighted by atomic mass is 32.2. The van der Waals surface area contributed by atoms with E-state index in [1.807, 2.05) is 13.0 Å². The Labute approximate surface area is 122 Å². The number of aromatic nitrogens is 3. The first kappa shape index (κ1) is 13.6. The van der Waals surface area contributed by atoms with Crippen LogP contribution in [0.1, 0.15) is 11.1 Å². The molecule has 0 amide bonds. The summed E-state index contributed by atoms with van der Waals surface area (Å²) in [5, 5.41) is 7.31. The van der Waals surface area contributed by atoms with Crippen LogP contribution in [0.4, 0.5) is 5.82 Å². The van der Waals surface area contributed by atoms with Crippen molar-refractivity contribution in [3.8, 4) is 0 Å². The molecular formula is C14H14N4O2S. The summed E-state index contributed by atoms with van der Waals surface area (Å²) >= 11 is 0. The average Bonchev–Trinajstić information content (AvgIpc) is 2.84. The first-order chi connectivity index (χ1) is 9.97. The molecule has 6 nitrogen and oxygen atoms in total. The molecule has 21 heavy (non-hydrogen) atoms. The van der Waals surface area contributed by atoms with E-state index in [-0.39, 0.29) is 10.7 Å². The van der Waals surface area contributed by atoms with Gasteiger partial charge in [0.2, 0.25) is 0 Å². The van der Waals surface area contributed by atoms with Crippen LogP contribution in [0.3, 0.4) is 0 Å². The summed E-state index contributed by atoms with van der Waals surface area (Å²) in [6.45, 7) is 3.62. The molecule has 0 atom stereocenters. The van der Waals surface area contributed by atoms with Crippen LogP contribution in [0.15, 0.2) is 41.4 Å². The second-order valence-electron chi connectivity index (χ2n) is 4.85. The maximum Gasteiger partial charge on any atom is 0.263 e. The van der Waals surface area contributed by atoms with Gasteiger partial charge in [-0.2, -0.15) is 5.10 Å². The van der Waals surface area contributed by atoms with Gasteiger partial charge in [-0.25, -0.2) is 13.4 Å². The van der Waals surface area contributed by atoms with Gasteiger partial charge < -0.3 is 0 Å². The Morgan fingerprint density at radius 2 is 2.00 bits per heavy atom. The van der Waals surface area contributed by atoms with Crippen LogP contribution in [0.5, 0.6) is 0 Å².